The Balaban J connectivity index is 2.19. The van der Waals surface area contributed by atoms with E-state index < -0.39 is 5.41 Å². The minimum atomic E-state index is -0.754. The van der Waals surface area contributed by atoms with Gasteiger partial charge in [-0.1, -0.05) is 6.07 Å². The Morgan fingerprint density at radius 2 is 2.33 bits per heavy atom. The van der Waals surface area contributed by atoms with Crippen LogP contribution in [0.5, 0.6) is 5.75 Å². The fourth-order valence-corrected chi connectivity index (χ4v) is 1.94. The van der Waals surface area contributed by atoms with E-state index in [1.54, 1.807) is 25.1 Å². The SMILES string of the molecule is Cc1ccc(O)c(NC(=O)C2(C)COCC2N)c1. The van der Waals surface area contributed by atoms with Crippen molar-refractivity contribution in [2.24, 2.45) is 11.1 Å². The van der Waals surface area contributed by atoms with E-state index in [9.17, 15) is 9.90 Å². The molecule has 5 nitrogen and oxygen atoms in total. The molecule has 2 atom stereocenters. The zero-order chi connectivity index (χ0) is 13.3. The van der Waals surface area contributed by atoms with Crippen molar-refractivity contribution < 1.29 is 14.6 Å². The summed E-state index contributed by atoms with van der Waals surface area (Å²) in [6.07, 6.45) is 0. The fourth-order valence-electron chi connectivity index (χ4n) is 1.94. The second kappa shape index (κ2) is 4.59. The van der Waals surface area contributed by atoms with E-state index in [1.807, 2.05) is 6.92 Å². The average Bonchev–Trinajstić information content (AvgIpc) is 2.66. The number of amides is 1. The van der Waals surface area contributed by atoms with Gasteiger partial charge >= 0.3 is 0 Å². The number of nitrogens with two attached hydrogens (primary N) is 1. The first kappa shape index (κ1) is 12.9. The Hall–Kier alpha value is -1.59. The number of rotatable bonds is 2. The molecule has 1 fully saturated rings. The summed E-state index contributed by atoms with van der Waals surface area (Å²) in [4.78, 5) is 12.2. The number of anilines is 1. The maximum atomic E-state index is 12.2. The number of aromatic hydroxyl groups is 1. The van der Waals surface area contributed by atoms with E-state index in [-0.39, 0.29) is 17.7 Å². The molecular formula is C13H18N2O3. The molecule has 1 aliphatic rings. The van der Waals surface area contributed by atoms with Crippen LogP contribution in [0.2, 0.25) is 0 Å². The van der Waals surface area contributed by atoms with E-state index in [2.05, 4.69) is 5.32 Å². The Bertz CT molecular complexity index is 475. The maximum Gasteiger partial charge on any atom is 0.234 e. The van der Waals surface area contributed by atoms with Gasteiger partial charge in [0, 0.05) is 6.04 Å². The standard InChI is InChI=1S/C13H18N2O3/c1-8-3-4-10(16)9(5-8)15-12(17)13(2)7-18-6-11(13)14/h3-5,11,16H,6-7,14H2,1-2H3,(H,15,17). The van der Waals surface area contributed by atoms with Gasteiger partial charge in [0.15, 0.2) is 0 Å². The summed E-state index contributed by atoms with van der Waals surface area (Å²) in [7, 11) is 0. The lowest BCUT2D eigenvalue weighted by Gasteiger charge is -2.25. The molecule has 18 heavy (non-hydrogen) atoms. The third-order valence-corrected chi connectivity index (χ3v) is 3.44. The molecule has 5 heteroatoms. The molecule has 0 saturated carbocycles. The van der Waals surface area contributed by atoms with E-state index in [1.165, 1.54) is 0 Å². The van der Waals surface area contributed by atoms with Gasteiger partial charge in [-0.3, -0.25) is 4.79 Å². The lowest BCUT2D eigenvalue weighted by atomic mass is 9.85. The van der Waals surface area contributed by atoms with Gasteiger partial charge in [-0.2, -0.15) is 0 Å². The van der Waals surface area contributed by atoms with Crippen LogP contribution < -0.4 is 11.1 Å². The topological polar surface area (TPSA) is 84.6 Å². The Morgan fingerprint density at radius 1 is 1.61 bits per heavy atom. The summed E-state index contributed by atoms with van der Waals surface area (Å²) in [6.45, 7) is 4.34. The summed E-state index contributed by atoms with van der Waals surface area (Å²) in [5, 5.41) is 12.4. The van der Waals surface area contributed by atoms with Crippen LogP contribution in [0.15, 0.2) is 18.2 Å². The van der Waals surface area contributed by atoms with Crippen LogP contribution in [0.4, 0.5) is 5.69 Å². The molecule has 1 saturated heterocycles. The number of carbonyl (C=O) groups excluding carboxylic acids is 1. The van der Waals surface area contributed by atoms with Gasteiger partial charge in [0.05, 0.1) is 24.3 Å². The van der Waals surface area contributed by atoms with E-state index >= 15 is 0 Å². The van der Waals surface area contributed by atoms with Gasteiger partial charge in [0.1, 0.15) is 5.75 Å². The second-order valence-electron chi connectivity index (χ2n) is 5.01. The minimum Gasteiger partial charge on any atom is -0.506 e. The van der Waals surface area contributed by atoms with Crippen molar-refractivity contribution in [3.05, 3.63) is 23.8 Å². The largest absolute Gasteiger partial charge is 0.506 e. The maximum absolute atomic E-state index is 12.2. The average molecular weight is 250 g/mol. The van der Waals surface area contributed by atoms with Gasteiger partial charge in [-0.15, -0.1) is 0 Å². The highest BCUT2D eigenvalue weighted by atomic mass is 16.5. The zero-order valence-corrected chi connectivity index (χ0v) is 10.6. The normalized spacial score (nSPS) is 27.2. The summed E-state index contributed by atoms with van der Waals surface area (Å²) >= 11 is 0. The molecule has 98 valence electrons. The van der Waals surface area contributed by atoms with Crippen molar-refractivity contribution in [2.45, 2.75) is 19.9 Å². The summed E-state index contributed by atoms with van der Waals surface area (Å²) in [6, 6.07) is 4.72. The minimum absolute atomic E-state index is 0.0463. The molecule has 4 N–H and O–H groups in total. The molecule has 0 aromatic heterocycles. The monoisotopic (exact) mass is 250 g/mol. The Labute approximate surface area is 106 Å². The van der Waals surface area contributed by atoms with E-state index in [4.69, 9.17) is 10.5 Å². The predicted molar refractivity (Wildman–Crippen MR) is 68.4 cm³/mol. The lowest BCUT2D eigenvalue weighted by molar-refractivity contribution is -0.125. The third kappa shape index (κ3) is 2.19. The summed E-state index contributed by atoms with van der Waals surface area (Å²) < 4.78 is 5.24. The molecule has 1 aliphatic heterocycles. The molecule has 2 rings (SSSR count). The second-order valence-corrected chi connectivity index (χ2v) is 5.01. The van der Waals surface area contributed by atoms with Crippen LogP contribution >= 0.6 is 0 Å². The molecular weight excluding hydrogens is 232 g/mol. The van der Waals surface area contributed by atoms with Crippen LogP contribution in [-0.2, 0) is 9.53 Å². The molecule has 1 aromatic carbocycles. The van der Waals surface area contributed by atoms with Crippen LogP contribution in [0.3, 0.4) is 0 Å². The van der Waals surface area contributed by atoms with Crippen molar-refractivity contribution >= 4 is 11.6 Å². The van der Waals surface area contributed by atoms with Crippen molar-refractivity contribution in [1.29, 1.82) is 0 Å². The number of phenolic OH excluding ortho intramolecular Hbond substituents is 1. The number of hydrogen-bond acceptors (Lipinski definition) is 4. The quantitative estimate of drug-likeness (QED) is 0.684. The number of hydrogen-bond donors (Lipinski definition) is 3. The van der Waals surface area contributed by atoms with Crippen molar-refractivity contribution in [1.82, 2.24) is 0 Å². The summed E-state index contributed by atoms with van der Waals surface area (Å²) in [5.74, 6) is -0.182. The number of nitrogens with one attached hydrogen (secondary N) is 1. The number of carbonyl (C=O) groups is 1. The summed E-state index contributed by atoms with van der Waals surface area (Å²) in [5.41, 5.74) is 6.50. The number of benzene rings is 1. The van der Waals surface area contributed by atoms with Gasteiger partial charge < -0.3 is 20.9 Å². The van der Waals surface area contributed by atoms with Gasteiger partial charge in [-0.05, 0) is 31.5 Å². The fraction of sp³-hybridized carbons (Fsp3) is 0.462. The highest BCUT2D eigenvalue weighted by Gasteiger charge is 2.44. The van der Waals surface area contributed by atoms with Crippen LogP contribution in [0.25, 0.3) is 0 Å². The Morgan fingerprint density at radius 3 is 2.94 bits per heavy atom. The van der Waals surface area contributed by atoms with Crippen LogP contribution in [0, 0.1) is 12.3 Å². The highest BCUT2D eigenvalue weighted by Crippen LogP contribution is 2.31. The molecule has 0 spiro atoms. The number of ether oxygens (including phenoxy) is 1. The van der Waals surface area contributed by atoms with Gasteiger partial charge in [0.25, 0.3) is 0 Å². The lowest BCUT2D eigenvalue weighted by Crippen LogP contribution is -2.47. The molecule has 1 aromatic rings. The van der Waals surface area contributed by atoms with Crippen molar-refractivity contribution in [2.75, 3.05) is 18.5 Å². The van der Waals surface area contributed by atoms with E-state index in [0.29, 0.717) is 18.9 Å². The van der Waals surface area contributed by atoms with Crippen LogP contribution in [0.1, 0.15) is 12.5 Å². The van der Waals surface area contributed by atoms with Gasteiger partial charge in [-0.25, -0.2) is 0 Å². The number of phenols is 1. The van der Waals surface area contributed by atoms with Crippen molar-refractivity contribution in [3.8, 4) is 5.75 Å². The highest BCUT2D eigenvalue weighted by molar-refractivity contribution is 5.97. The first-order chi connectivity index (χ1) is 8.43. The molecule has 1 amide bonds. The van der Waals surface area contributed by atoms with Crippen LogP contribution in [-0.4, -0.2) is 30.3 Å². The number of aryl methyl sites for hydroxylation is 1. The molecule has 0 radical (unpaired) electrons. The molecule has 0 bridgehead atoms. The molecule has 2 unspecified atom stereocenters. The van der Waals surface area contributed by atoms with Crippen molar-refractivity contribution in [3.63, 3.8) is 0 Å². The molecule has 1 heterocycles. The predicted octanol–water partition coefficient (Wildman–Crippen LogP) is 1.00. The van der Waals surface area contributed by atoms with E-state index in [0.717, 1.165) is 5.56 Å². The first-order valence-electron chi connectivity index (χ1n) is 5.88. The molecule has 0 aliphatic carbocycles. The zero-order valence-electron chi connectivity index (χ0n) is 10.6. The van der Waals surface area contributed by atoms with Gasteiger partial charge in [0.2, 0.25) is 5.91 Å². The third-order valence-electron chi connectivity index (χ3n) is 3.44. The Kier molecular flexibility index (Phi) is 3.28. The smallest absolute Gasteiger partial charge is 0.234 e. The first-order valence-corrected chi connectivity index (χ1v) is 5.88.